The molecule has 1 aromatic carbocycles. The molecular weight excluding hydrogens is 546 g/mol. The summed E-state index contributed by atoms with van der Waals surface area (Å²) in [7, 11) is 0. The van der Waals surface area contributed by atoms with Crippen molar-refractivity contribution >= 4 is 44.8 Å². The lowest BCUT2D eigenvalue weighted by Gasteiger charge is -2.38. The molecule has 5 rings (SSSR count). The highest BCUT2D eigenvalue weighted by Crippen LogP contribution is 2.51. The topological polar surface area (TPSA) is 104 Å². The standard InChI is InChI=1S/C24H27F4N5O3S2/c1-23(2,35)11-33-9-8-14(13(25)10-33)29-15-5-3-4-12-18(15)37-20(19(12)38-24(26,27)28)21-31-22(36-32-21)16-6-7-17(34)30-16/h3-5,13-14,16,29,35H,6-11H2,1-2H3,(H,30,34). The monoisotopic (exact) mass is 573 g/mol. The zero-order valence-electron chi connectivity index (χ0n) is 20.6. The third-order valence-corrected chi connectivity index (χ3v) is 8.63. The molecule has 0 spiro atoms. The minimum Gasteiger partial charge on any atom is -0.389 e. The highest BCUT2D eigenvalue weighted by atomic mass is 32.2. The van der Waals surface area contributed by atoms with E-state index in [1.807, 2.05) is 4.90 Å². The number of likely N-dealkylation sites (tertiary alicyclic amines) is 1. The minimum absolute atomic E-state index is 0.00310. The van der Waals surface area contributed by atoms with Crippen molar-refractivity contribution in [2.24, 2.45) is 0 Å². The summed E-state index contributed by atoms with van der Waals surface area (Å²) in [4.78, 5) is 17.9. The van der Waals surface area contributed by atoms with E-state index in [0.29, 0.717) is 48.1 Å². The number of aliphatic hydroxyl groups is 1. The number of aromatic nitrogens is 2. The number of nitrogens with zero attached hydrogens (tertiary/aromatic N) is 3. The number of hydrogen-bond donors (Lipinski definition) is 3. The summed E-state index contributed by atoms with van der Waals surface area (Å²) in [5.74, 6) is -0.0104. The van der Waals surface area contributed by atoms with E-state index in [0.717, 1.165) is 11.3 Å². The van der Waals surface area contributed by atoms with Gasteiger partial charge >= 0.3 is 5.51 Å². The van der Waals surface area contributed by atoms with Crippen LogP contribution in [0.3, 0.4) is 0 Å². The first-order valence-electron chi connectivity index (χ1n) is 12.2. The highest BCUT2D eigenvalue weighted by molar-refractivity contribution is 8.00. The van der Waals surface area contributed by atoms with Gasteiger partial charge in [-0.05, 0) is 44.5 Å². The summed E-state index contributed by atoms with van der Waals surface area (Å²) in [6.07, 6.45) is 0.00890. The summed E-state index contributed by atoms with van der Waals surface area (Å²) in [5.41, 5.74) is -4.97. The van der Waals surface area contributed by atoms with Gasteiger partial charge in [0.05, 0.1) is 26.9 Å². The number of β-amino-alcohol motifs (C(OH)–C–C–N with tert-alkyl or cyclic N) is 1. The number of nitrogens with one attached hydrogen (secondary N) is 2. The van der Waals surface area contributed by atoms with E-state index >= 15 is 4.39 Å². The number of hydrogen-bond acceptors (Lipinski definition) is 9. The molecule has 3 N–H and O–H groups in total. The molecule has 0 saturated carbocycles. The van der Waals surface area contributed by atoms with Crippen molar-refractivity contribution in [3.8, 4) is 10.7 Å². The number of carbonyl (C=O) groups is 1. The zero-order chi connectivity index (χ0) is 27.2. The number of fused-ring (bicyclic) bond motifs is 1. The van der Waals surface area contributed by atoms with Crippen LogP contribution in [0.4, 0.5) is 23.2 Å². The van der Waals surface area contributed by atoms with Crippen molar-refractivity contribution < 1.29 is 32.0 Å². The van der Waals surface area contributed by atoms with Gasteiger partial charge < -0.3 is 20.3 Å². The second kappa shape index (κ2) is 10.3. The molecule has 0 bridgehead atoms. The van der Waals surface area contributed by atoms with Gasteiger partial charge in [0.2, 0.25) is 17.6 Å². The number of alkyl halides is 4. The van der Waals surface area contributed by atoms with Gasteiger partial charge in [0.25, 0.3) is 0 Å². The van der Waals surface area contributed by atoms with Gasteiger partial charge in [0.1, 0.15) is 12.2 Å². The number of anilines is 1. The van der Waals surface area contributed by atoms with Crippen LogP contribution in [0.15, 0.2) is 27.6 Å². The molecule has 3 aromatic rings. The molecule has 8 nitrogen and oxygen atoms in total. The average Bonchev–Trinajstić information content (AvgIpc) is 3.53. The van der Waals surface area contributed by atoms with E-state index in [9.17, 15) is 23.1 Å². The van der Waals surface area contributed by atoms with Crippen molar-refractivity contribution in [2.45, 2.75) is 67.4 Å². The van der Waals surface area contributed by atoms with Gasteiger partial charge in [-0.15, -0.1) is 11.3 Å². The van der Waals surface area contributed by atoms with Gasteiger partial charge in [-0.25, -0.2) is 4.39 Å². The summed E-state index contributed by atoms with van der Waals surface area (Å²) >= 11 is 0.825. The second-order valence-electron chi connectivity index (χ2n) is 10.2. The Balaban J connectivity index is 1.45. The van der Waals surface area contributed by atoms with Crippen molar-refractivity contribution in [3.63, 3.8) is 0 Å². The maximum absolute atomic E-state index is 15.1. The first-order valence-corrected chi connectivity index (χ1v) is 13.8. The molecule has 14 heteroatoms. The lowest BCUT2D eigenvalue weighted by molar-refractivity contribution is -0.119. The van der Waals surface area contributed by atoms with Crippen LogP contribution in [0, 0.1) is 0 Å². The first kappa shape index (κ1) is 27.2. The number of thioether (sulfide) groups is 1. The normalized spacial score (nSPS) is 23.2. The van der Waals surface area contributed by atoms with Crippen LogP contribution in [0.1, 0.15) is 45.0 Å². The van der Waals surface area contributed by atoms with Crippen LogP contribution in [0.25, 0.3) is 20.8 Å². The zero-order valence-corrected chi connectivity index (χ0v) is 22.3. The Hall–Kier alpha value is -2.42. The quantitative estimate of drug-likeness (QED) is 0.265. The molecule has 1 amide bonds. The summed E-state index contributed by atoms with van der Waals surface area (Å²) in [6.45, 7) is 4.41. The maximum Gasteiger partial charge on any atom is 0.446 e. The van der Waals surface area contributed by atoms with Crippen molar-refractivity contribution in [2.75, 3.05) is 25.0 Å². The molecule has 2 aliphatic heterocycles. The minimum atomic E-state index is -4.56. The predicted molar refractivity (Wildman–Crippen MR) is 137 cm³/mol. The first-order chi connectivity index (χ1) is 17.9. The molecule has 206 valence electrons. The largest absolute Gasteiger partial charge is 0.446 e. The molecule has 38 heavy (non-hydrogen) atoms. The Labute approximate surface area is 224 Å². The molecule has 3 atom stereocenters. The van der Waals surface area contributed by atoms with Gasteiger partial charge in [0.15, 0.2) is 0 Å². The van der Waals surface area contributed by atoms with E-state index in [-0.39, 0.29) is 45.7 Å². The summed E-state index contributed by atoms with van der Waals surface area (Å²) < 4.78 is 61.7. The lowest BCUT2D eigenvalue weighted by atomic mass is 10.00. The fourth-order valence-corrected chi connectivity index (χ4v) is 6.97. The second-order valence-corrected chi connectivity index (χ2v) is 12.3. The Morgan fingerprint density at radius 2 is 2.11 bits per heavy atom. The van der Waals surface area contributed by atoms with E-state index in [4.69, 9.17) is 4.52 Å². The van der Waals surface area contributed by atoms with Gasteiger partial charge in [-0.3, -0.25) is 9.69 Å². The van der Waals surface area contributed by atoms with Crippen LogP contribution in [-0.4, -0.2) is 69.0 Å². The molecule has 4 heterocycles. The van der Waals surface area contributed by atoms with Gasteiger partial charge in [0, 0.05) is 36.3 Å². The Kier molecular flexibility index (Phi) is 7.35. The molecule has 0 aliphatic carbocycles. The number of halogens is 4. The molecule has 2 saturated heterocycles. The summed E-state index contributed by atoms with van der Waals surface area (Å²) in [5, 5.41) is 20.3. The summed E-state index contributed by atoms with van der Waals surface area (Å²) in [6, 6.07) is 3.93. The molecule has 2 aromatic heterocycles. The third kappa shape index (κ3) is 6.08. The van der Waals surface area contributed by atoms with Gasteiger partial charge in [-0.1, -0.05) is 17.3 Å². The Bertz CT molecular complexity index is 1320. The van der Waals surface area contributed by atoms with E-state index < -0.39 is 29.4 Å². The van der Waals surface area contributed by atoms with Crippen LogP contribution < -0.4 is 10.6 Å². The number of piperidine rings is 1. The SMILES string of the molecule is CC(C)(O)CN1CCC(Nc2cccc3c(SC(F)(F)F)c(-c4noc(C5CCC(=O)N5)n4)sc23)C(F)C1. The fourth-order valence-electron chi connectivity index (χ4n) is 4.86. The van der Waals surface area contributed by atoms with Crippen LogP contribution >= 0.6 is 23.1 Å². The molecular formula is C24H27F4N5O3S2. The third-order valence-electron chi connectivity index (χ3n) is 6.40. The van der Waals surface area contributed by atoms with Crippen molar-refractivity contribution in [3.05, 3.63) is 24.1 Å². The average molecular weight is 574 g/mol. The molecule has 2 aliphatic rings. The number of carbonyl (C=O) groups excluding carboxylic acids is 1. The van der Waals surface area contributed by atoms with Gasteiger partial charge in [-0.2, -0.15) is 18.2 Å². The lowest BCUT2D eigenvalue weighted by Crippen LogP contribution is -2.51. The predicted octanol–water partition coefficient (Wildman–Crippen LogP) is 5.11. The Morgan fingerprint density at radius 3 is 2.76 bits per heavy atom. The number of benzene rings is 1. The number of amides is 1. The van der Waals surface area contributed by atoms with Crippen LogP contribution in [0.2, 0.25) is 0 Å². The van der Waals surface area contributed by atoms with Crippen LogP contribution in [-0.2, 0) is 4.79 Å². The maximum atomic E-state index is 15.1. The highest BCUT2D eigenvalue weighted by Gasteiger charge is 2.36. The molecule has 0 radical (unpaired) electrons. The van der Waals surface area contributed by atoms with Crippen molar-refractivity contribution in [1.29, 1.82) is 0 Å². The Morgan fingerprint density at radius 1 is 1.32 bits per heavy atom. The van der Waals surface area contributed by atoms with E-state index in [1.54, 1.807) is 32.0 Å². The van der Waals surface area contributed by atoms with Crippen LogP contribution in [0.5, 0.6) is 0 Å². The smallest absolute Gasteiger partial charge is 0.389 e. The van der Waals surface area contributed by atoms with E-state index in [2.05, 4.69) is 20.8 Å². The number of rotatable bonds is 7. The molecule has 3 unspecified atom stereocenters. The number of thiophene rings is 1. The van der Waals surface area contributed by atoms with E-state index in [1.165, 1.54) is 0 Å². The fraction of sp³-hybridized carbons (Fsp3) is 0.542. The molecule has 2 fully saturated rings. The van der Waals surface area contributed by atoms with Crippen molar-refractivity contribution in [1.82, 2.24) is 20.4 Å².